The number of esters is 1. The fourth-order valence-corrected chi connectivity index (χ4v) is 1.71. The number of hydrogen-bond acceptors (Lipinski definition) is 4. The van der Waals surface area contributed by atoms with E-state index in [2.05, 4.69) is 9.84 Å². The molecule has 1 heterocycles. The quantitative estimate of drug-likeness (QED) is 0.797. The Morgan fingerprint density at radius 1 is 1.50 bits per heavy atom. The van der Waals surface area contributed by atoms with Gasteiger partial charge in [0.05, 0.1) is 0 Å². The molecule has 8 heteroatoms. The summed E-state index contributed by atoms with van der Waals surface area (Å²) in [4.78, 5) is 10.9. The van der Waals surface area contributed by atoms with Gasteiger partial charge >= 0.3 is 12.1 Å². The molecule has 0 aromatic carbocycles. The number of ether oxygens (including phenoxy) is 1. The van der Waals surface area contributed by atoms with Crippen molar-refractivity contribution >= 4 is 5.97 Å². The van der Waals surface area contributed by atoms with Gasteiger partial charge in [-0.1, -0.05) is 0 Å². The highest BCUT2D eigenvalue weighted by Gasteiger charge is 2.44. The van der Waals surface area contributed by atoms with Crippen LogP contribution < -0.4 is 0 Å². The van der Waals surface area contributed by atoms with Gasteiger partial charge < -0.3 is 4.74 Å². The summed E-state index contributed by atoms with van der Waals surface area (Å²) in [6.45, 7) is 4.98. The first-order valence-electron chi connectivity index (χ1n) is 5.86. The number of aromatic nitrogens is 2. The molecule has 0 radical (unpaired) electrons. The van der Waals surface area contributed by atoms with Crippen LogP contribution >= 0.6 is 0 Å². The van der Waals surface area contributed by atoms with Crippen molar-refractivity contribution in [2.24, 2.45) is 0 Å². The Kier molecular flexibility index (Phi) is 4.43. The summed E-state index contributed by atoms with van der Waals surface area (Å²) in [5.41, 5.74) is -0.657. The van der Waals surface area contributed by atoms with Gasteiger partial charge in [-0.25, -0.2) is 4.79 Å². The predicted molar refractivity (Wildman–Crippen MR) is 62.5 cm³/mol. The monoisotopic (exact) mass is 289 g/mol. The molecular formula is C12H14F3N3O2. The maximum atomic E-state index is 12.2. The third-order valence-corrected chi connectivity index (χ3v) is 2.48. The molecule has 20 heavy (non-hydrogen) atoms. The molecule has 1 aromatic heterocycles. The van der Waals surface area contributed by atoms with Crippen molar-refractivity contribution in [1.29, 1.82) is 5.26 Å². The van der Waals surface area contributed by atoms with Crippen LogP contribution in [0.25, 0.3) is 0 Å². The van der Waals surface area contributed by atoms with Crippen LogP contribution in [0.3, 0.4) is 0 Å². The highest BCUT2D eigenvalue weighted by Crippen LogP contribution is 2.24. The molecule has 0 aliphatic rings. The molecule has 110 valence electrons. The molecule has 0 saturated heterocycles. The van der Waals surface area contributed by atoms with Gasteiger partial charge in [0.25, 0.3) is 0 Å². The Bertz CT molecular complexity index is 541. The number of nitriles is 1. The number of nitrogens with zero attached hydrogens (tertiary/aromatic N) is 3. The lowest BCUT2D eigenvalue weighted by atomic mass is 10.0. The first-order chi connectivity index (χ1) is 9.09. The maximum Gasteiger partial charge on any atom is 0.490 e. The number of aryl methyl sites for hydroxylation is 1. The Labute approximate surface area is 113 Å². The van der Waals surface area contributed by atoms with Crippen molar-refractivity contribution in [3.05, 3.63) is 17.5 Å². The summed E-state index contributed by atoms with van der Waals surface area (Å²) in [6.07, 6.45) is -5.00. The summed E-state index contributed by atoms with van der Waals surface area (Å²) in [7, 11) is 0. The fourth-order valence-electron chi connectivity index (χ4n) is 1.71. The second kappa shape index (κ2) is 5.53. The van der Waals surface area contributed by atoms with E-state index in [4.69, 9.17) is 5.26 Å². The zero-order chi connectivity index (χ0) is 15.6. The van der Waals surface area contributed by atoms with Crippen LogP contribution in [0.5, 0.6) is 0 Å². The molecule has 0 atom stereocenters. The SMILES string of the molecule is CCn1nc(C#N)cc1CC(C)(C)OC(=O)C(F)(F)F. The molecule has 0 N–H and O–H groups in total. The molecule has 0 saturated carbocycles. The Balaban J connectivity index is 2.88. The number of carbonyl (C=O) groups is 1. The zero-order valence-electron chi connectivity index (χ0n) is 11.3. The van der Waals surface area contributed by atoms with E-state index in [-0.39, 0.29) is 12.1 Å². The summed E-state index contributed by atoms with van der Waals surface area (Å²) < 4.78 is 42.5. The van der Waals surface area contributed by atoms with Gasteiger partial charge in [-0.15, -0.1) is 0 Å². The van der Waals surface area contributed by atoms with Gasteiger partial charge in [-0.2, -0.15) is 23.5 Å². The van der Waals surface area contributed by atoms with Crippen molar-refractivity contribution in [2.75, 3.05) is 0 Å². The molecule has 0 fully saturated rings. The number of hydrogen-bond donors (Lipinski definition) is 0. The van der Waals surface area contributed by atoms with Gasteiger partial charge in [-0.3, -0.25) is 4.68 Å². The van der Waals surface area contributed by atoms with Crippen molar-refractivity contribution in [3.8, 4) is 6.07 Å². The van der Waals surface area contributed by atoms with E-state index in [0.29, 0.717) is 12.2 Å². The minimum absolute atomic E-state index is 0.0251. The van der Waals surface area contributed by atoms with Crippen LogP contribution in [0.1, 0.15) is 32.2 Å². The van der Waals surface area contributed by atoms with Gasteiger partial charge in [0, 0.05) is 18.7 Å². The number of halogens is 3. The van der Waals surface area contributed by atoms with Crippen LogP contribution in [0.15, 0.2) is 6.07 Å². The van der Waals surface area contributed by atoms with E-state index in [1.165, 1.54) is 24.6 Å². The maximum absolute atomic E-state index is 12.2. The number of alkyl halides is 3. The van der Waals surface area contributed by atoms with Gasteiger partial charge in [0.15, 0.2) is 5.69 Å². The molecule has 1 rings (SSSR count). The zero-order valence-corrected chi connectivity index (χ0v) is 11.3. The fraction of sp³-hybridized carbons (Fsp3) is 0.583. The predicted octanol–water partition coefficient (Wildman–Crippen LogP) is 2.20. The van der Waals surface area contributed by atoms with E-state index in [1.807, 2.05) is 6.07 Å². The largest absolute Gasteiger partial charge is 0.490 e. The average molecular weight is 289 g/mol. The highest BCUT2D eigenvalue weighted by molar-refractivity contribution is 5.76. The second-order valence-corrected chi connectivity index (χ2v) is 4.77. The van der Waals surface area contributed by atoms with Crippen molar-refractivity contribution < 1.29 is 22.7 Å². The smallest absolute Gasteiger partial charge is 0.453 e. The molecule has 5 nitrogen and oxygen atoms in total. The molecule has 0 unspecified atom stereocenters. The normalized spacial score (nSPS) is 12.1. The van der Waals surface area contributed by atoms with E-state index in [1.54, 1.807) is 6.92 Å². The minimum atomic E-state index is -5.03. The van der Waals surface area contributed by atoms with E-state index >= 15 is 0 Å². The van der Waals surface area contributed by atoms with Crippen molar-refractivity contribution in [2.45, 2.75) is 45.5 Å². The lowest BCUT2D eigenvalue weighted by molar-refractivity contribution is -0.211. The van der Waals surface area contributed by atoms with Crippen LogP contribution in [-0.4, -0.2) is 27.5 Å². The van der Waals surface area contributed by atoms with E-state index in [9.17, 15) is 18.0 Å². The number of rotatable bonds is 4. The van der Waals surface area contributed by atoms with Crippen molar-refractivity contribution in [1.82, 2.24) is 9.78 Å². The third kappa shape index (κ3) is 3.98. The molecule has 0 aliphatic heterocycles. The average Bonchev–Trinajstić information content (AvgIpc) is 2.68. The van der Waals surface area contributed by atoms with Gasteiger partial charge in [-0.05, 0) is 26.8 Å². The third-order valence-electron chi connectivity index (χ3n) is 2.48. The standard InChI is InChI=1S/C12H14F3N3O2/c1-4-18-9(5-8(7-16)17-18)6-11(2,3)20-10(19)12(13,14)15/h5H,4,6H2,1-3H3. The van der Waals surface area contributed by atoms with E-state index < -0.39 is 17.7 Å². The molecule has 0 amide bonds. The Morgan fingerprint density at radius 2 is 2.10 bits per heavy atom. The van der Waals surface area contributed by atoms with Gasteiger partial charge in [0.1, 0.15) is 11.7 Å². The van der Waals surface area contributed by atoms with Crippen LogP contribution in [0.2, 0.25) is 0 Å². The van der Waals surface area contributed by atoms with Crippen molar-refractivity contribution in [3.63, 3.8) is 0 Å². The van der Waals surface area contributed by atoms with Crippen LogP contribution in [-0.2, 0) is 22.5 Å². The Hall–Kier alpha value is -2.04. The summed E-state index contributed by atoms with van der Waals surface area (Å²) >= 11 is 0. The molecular weight excluding hydrogens is 275 g/mol. The lowest BCUT2D eigenvalue weighted by Gasteiger charge is -2.25. The first kappa shape index (κ1) is 16.0. The number of carbonyl (C=O) groups excluding carboxylic acids is 1. The summed E-state index contributed by atoms with van der Waals surface area (Å²) in [5.74, 6) is -2.23. The topological polar surface area (TPSA) is 67.9 Å². The minimum Gasteiger partial charge on any atom is -0.453 e. The van der Waals surface area contributed by atoms with Gasteiger partial charge in [0.2, 0.25) is 0 Å². The second-order valence-electron chi connectivity index (χ2n) is 4.77. The molecule has 0 spiro atoms. The van der Waals surface area contributed by atoms with Crippen LogP contribution in [0.4, 0.5) is 13.2 Å². The summed E-state index contributed by atoms with van der Waals surface area (Å²) in [6, 6.07) is 3.32. The Morgan fingerprint density at radius 3 is 2.55 bits per heavy atom. The summed E-state index contributed by atoms with van der Waals surface area (Å²) in [5, 5.41) is 12.7. The van der Waals surface area contributed by atoms with Crippen LogP contribution in [0, 0.1) is 11.3 Å². The first-order valence-corrected chi connectivity index (χ1v) is 5.86. The molecule has 1 aromatic rings. The van der Waals surface area contributed by atoms with E-state index in [0.717, 1.165) is 0 Å². The molecule has 0 bridgehead atoms. The molecule has 0 aliphatic carbocycles. The lowest BCUT2D eigenvalue weighted by Crippen LogP contribution is -2.37. The highest BCUT2D eigenvalue weighted by atomic mass is 19.4.